The van der Waals surface area contributed by atoms with Crippen LogP contribution in [0.5, 0.6) is 0 Å². The minimum atomic E-state index is -0.267. The first-order valence-electron chi connectivity index (χ1n) is 9.11. The molecule has 0 amide bonds. The molecule has 2 aliphatic heterocycles. The van der Waals surface area contributed by atoms with Crippen LogP contribution in [0.2, 0.25) is 0 Å². The lowest BCUT2D eigenvalue weighted by Gasteiger charge is -2.29. The molecule has 4 rings (SSSR count). The Balaban J connectivity index is 1.34. The van der Waals surface area contributed by atoms with E-state index in [1.54, 1.807) is 12.4 Å². The molecule has 0 aromatic carbocycles. The summed E-state index contributed by atoms with van der Waals surface area (Å²) in [5, 5.41) is 7.44. The van der Waals surface area contributed by atoms with Gasteiger partial charge in [-0.25, -0.2) is 0 Å². The summed E-state index contributed by atoms with van der Waals surface area (Å²) in [5.41, 5.74) is 1.45. The number of piperidine rings is 1. The zero-order valence-corrected chi connectivity index (χ0v) is 15.0. The lowest BCUT2D eigenvalue weighted by Crippen LogP contribution is -2.39. The highest BCUT2D eigenvalue weighted by Crippen LogP contribution is 2.41. The van der Waals surface area contributed by atoms with Gasteiger partial charge < -0.3 is 14.6 Å². The molecule has 1 N–H and O–H groups in total. The Hall–Kier alpha value is -2.25. The Morgan fingerprint density at radius 2 is 2.23 bits per heavy atom. The normalized spacial score (nSPS) is 22.1. The number of cyclic esters (lactones) is 1. The van der Waals surface area contributed by atoms with Crippen LogP contribution in [0.25, 0.3) is 11.3 Å². The lowest BCUT2D eigenvalue weighted by molar-refractivity contribution is -0.150. The summed E-state index contributed by atoms with van der Waals surface area (Å²) in [6, 6.07) is 5.76. The van der Waals surface area contributed by atoms with E-state index in [9.17, 15) is 4.79 Å². The number of hydrogen-bond acceptors (Lipinski definition) is 7. The molecule has 1 atom stereocenters. The molecule has 7 nitrogen and oxygen atoms in total. The Kier molecular flexibility index (Phi) is 4.74. The van der Waals surface area contributed by atoms with Crippen molar-refractivity contribution in [1.29, 1.82) is 0 Å². The van der Waals surface area contributed by atoms with Gasteiger partial charge in [-0.15, -0.1) is 0 Å². The van der Waals surface area contributed by atoms with Crippen LogP contribution < -0.4 is 5.32 Å². The van der Waals surface area contributed by atoms with Gasteiger partial charge in [0.2, 0.25) is 0 Å². The van der Waals surface area contributed by atoms with E-state index in [1.165, 1.54) is 0 Å². The van der Waals surface area contributed by atoms with Crippen molar-refractivity contribution in [3.8, 4) is 11.3 Å². The Labute approximate surface area is 152 Å². The highest BCUT2D eigenvalue weighted by molar-refractivity contribution is 5.79. The molecule has 0 radical (unpaired) electrons. The van der Waals surface area contributed by atoms with E-state index in [0.717, 1.165) is 49.4 Å². The number of likely N-dealkylation sites (N-methyl/N-ethyl adjacent to an activating group) is 1. The first kappa shape index (κ1) is 17.2. The third-order valence-corrected chi connectivity index (χ3v) is 5.34. The average molecular weight is 356 g/mol. The minimum Gasteiger partial charge on any atom is -0.461 e. The fraction of sp³-hybridized carbons (Fsp3) is 0.526. The highest BCUT2D eigenvalue weighted by atomic mass is 16.6. The van der Waals surface area contributed by atoms with Gasteiger partial charge in [0.15, 0.2) is 5.76 Å². The molecule has 2 aromatic heterocycles. The Morgan fingerprint density at radius 1 is 1.38 bits per heavy atom. The van der Waals surface area contributed by atoms with E-state index in [4.69, 9.17) is 9.26 Å². The lowest BCUT2D eigenvalue weighted by atomic mass is 9.76. The number of carbonyl (C=O) groups is 1. The molecule has 2 saturated heterocycles. The number of nitrogens with zero attached hydrogens (tertiary/aromatic N) is 3. The third-order valence-electron chi connectivity index (χ3n) is 5.34. The van der Waals surface area contributed by atoms with Crippen molar-refractivity contribution in [3.05, 3.63) is 36.4 Å². The molecule has 138 valence electrons. The molecule has 1 unspecified atom stereocenters. The highest BCUT2D eigenvalue weighted by Gasteiger charge is 2.49. The van der Waals surface area contributed by atoms with Crippen molar-refractivity contribution >= 4 is 5.97 Å². The van der Waals surface area contributed by atoms with Gasteiger partial charge in [-0.1, -0.05) is 5.16 Å². The second kappa shape index (κ2) is 7.17. The van der Waals surface area contributed by atoms with Crippen LogP contribution in [0.1, 0.15) is 25.0 Å². The van der Waals surface area contributed by atoms with Crippen molar-refractivity contribution < 1.29 is 14.1 Å². The molecular formula is C19H24N4O3. The summed E-state index contributed by atoms with van der Waals surface area (Å²) in [6.07, 6.45) is 6.02. The quantitative estimate of drug-likeness (QED) is 0.819. The van der Waals surface area contributed by atoms with Crippen LogP contribution >= 0.6 is 0 Å². The van der Waals surface area contributed by atoms with Crippen LogP contribution in [-0.2, 0) is 16.1 Å². The number of nitrogens with one attached hydrogen (secondary N) is 1. The number of carbonyl (C=O) groups excluding carboxylic acids is 1. The molecular weight excluding hydrogens is 332 g/mol. The van der Waals surface area contributed by atoms with Crippen molar-refractivity contribution in [3.63, 3.8) is 0 Å². The largest absolute Gasteiger partial charge is 0.461 e. The summed E-state index contributed by atoms with van der Waals surface area (Å²) in [7, 11) is 2.01. The molecule has 2 aliphatic rings. The molecule has 0 bridgehead atoms. The maximum atomic E-state index is 12.4. The van der Waals surface area contributed by atoms with Crippen LogP contribution in [0.15, 0.2) is 35.1 Å². The monoisotopic (exact) mass is 356 g/mol. The van der Waals surface area contributed by atoms with Crippen LogP contribution in [-0.4, -0.2) is 53.8 Å². The number of esters is 1. The molecule has 7 heteroatoms. The molecule has 2 fully saturated rings. The SMILES string of the molecule is CN(Cc1cc(-c2cccnc2)no1)CC1CC2(CCNCC2)C(=O)O1. The summed E-state index contributed by atoms with van der Waals surface area (Å²) in [6.45, 7) is 3.11. The van der Waals surface area contributed by atoms with Crippen LogP contribution in [0.3, 0.4) is 0 Å². The van der Waals surface area contributed by atoms with E-state index in [2.05, 4.69) is 20.4 Å². The summed E-state index contributed by atoms with van der Waals surface area (Å²) in [4.78, 5) is 18.6. The van der Waals surface area contributed by atoms with E-state index >= 15 is 0 Å². The maximum Gasteiger partial charge on any atom is 0.312 e. The second-order valence-electron chi connectivity index (χ2n) is 7.38. The smallest absolute Gasteiger partial charge is 0.312 e. The number of hydrogen-bond donors (Lipinski definition) is 1. The summed E-state index contributed by atoms with van der Waals surface area (Å²) in [5.74, 6) is 0.767. The van der Waals surface area contributed by atoms with Gasteiger partial charge in [-0.05, 0) is 45.1 Å². The van der Waals surface area contributed by atoms with E-state index < -0.39 is 0 Å². The number of aromatic nitrogens is 2. The number of rotatable bonds is 5. The fourth-order valence-corrected chi connectivity index (χ4v) is 3.97. The number of ether oxygens (including phenoxy) is 1. The van der Waals surface area contributed by atoms with Gasteiger partial charge in [-0.2, -0.15) is 0 Å². The van der Waals surface area contributed by atoms with Gasteiger partial charge in [0.1, 0.15) is 11.8 Å². The van der Waals surface area contributed by atoms with Gasteiger partial charge >= 0.3 is 5.97 Å². The van der Waals surface area contributed by atoms with E-state index in [-0.39, 0.29) is 17.5 Å². The third kappa shape index (κ3) is 3.50. The predicted octanol–water partition coefficient (Wildman–Crippen LogP) is 1.85. The number of pyridine rings is 1. The van der Waals surface area contributed by atoms with Gasteiger partial charge in [0.05, 0.1) is 12.0 Å². The standard InChI is InChI=1S/C19H24N4O3/c1-23(12-15-9-17(22-26-15)14-3-2-6-21-11-14)13-16-10-19(18(24)25-16)4-7-20-8-5-19/h2-3,6,9,11,16,20H,4-5,7-8,10,12-13H2,1H3. The molecule has 0 saturated carbocycles. The first-order valence-corrected chi connectivity index (χ1v) is 9.11. The van der Waals surface area contributed by atoms with Crippen molar-refractivity contribution in [1.82, 2.24) is 20.4 Å². The predicted molar refractivity (Wildman–Crippen MR) is 95.1 cm³/mol. The van der Waals surface area contributed by atoms with Gasteiger partial charge in [0.25, 0.3) is 0 Å². The molecule has 1 spiro atoms. The fourth-order valence-electron chi connectivity index (χ4n) is 3.97. The van der Waals surface area contributed by atoms with Crippen molar-refractivity contribution in [2.75, 3.05) is 26.7 Å². The van der Waals surface area contributed by atoms with Crippen molar-refractivity contribution in [2.45, 2.75) is 31.9 Å². The van der Waals surface area contributed by atoms with Gasteiger partial charge in [-0.3, -0.25) is 14.7 Å². The summed E-state index contributed by atoms with van der Waals surface area (Å²) >= 11 is 0. The molecule has 0 aliphatic carbocycles. The Bertz CT molecular complexity index is 755. The van der Waals surface area contributed by atoms with Gasteiger partial charge in [0, 0.05) is 37.0 Å². The minimum absolute atomic E-state index is 0.0177. The zero-order valence-electron chi connectivity index (χ0n) is 15.0. The van der Waals surface area contributed by atoms with Crippen LogP contribution in [0.4, 0.5) is 0 Å². The zero-order chi connectivity index (χ0) is 18.0. The van der Waals surface area contributed by atoms with E-state index in [1.807, 2.05) is 25.2 Å². The average Bonchev–Trinajstić information content (AvgIpc) is 3.22. The van der Waals surface area contributed by atoms with Crippen molar-refractivity contribution in [2.24, 2.45) is 5.41 Å². The molecule has 26 heavy (non-hydrogen) atoms. The van der Waals surface area contributed by atoms with Crippen LogP contribution in [0, 0.1) is 5.41 Å². The first-order chi connectivity index (χ1) is 12.6. The summed E-state index contributed by atoms with van der Waals surface area (Å²) < 4.78 is 11.1. The maximum absolute atomic E-state index is 12.4. The van der Waals surface area contributed by atoms with E-state index in [0.29, 0.717) is 13.1 Å². The topological polar surface area (TPSA) is 80.5 Å². The second-order valence-corrected chi connectivity index (χ2v) is 7.38. The Morgan fingerprint density at radius 3 is 3.00 bits per heavy atom. The molecule has 2 aromatic rings. The molecule has 4 heterocycles.